The summed E-state index contributed by atoms with van der Waals surface area (Å²) in [6.45, 7) is 0.433. The second-order valence-electron chi connectivity index (χ2n) is 4.09. The lowest BCUT2D eigenvalue weighted by atomic mass is 10.2. The third-order valence-corrected chi connectivity index (χ3v) is 2.52. The molecule has 2 rings (SSSR count). The second-order valence-corrected chi connectivity index (χ2v) is 4.09. The first-order valence-electron chi connectivity index (χ1n) is 5.87. The maximum absolute atomic E-state index is 11.7. The van der Waals surface area contributed by atoms with Crippen molar-refractivity contribution in [3.8, 4) is 5.75 Å². The zero-order valence-electron chi connectivity index (χ0n) is 10.7. The number of hydrogen-bond acceptors (Lipinski definition) is 4. The molecule has 1 amide bonds. The molecule has 0 spiro atoms. The van der Waals surface area contributed by atoms with Gasteiger partial charge in [0, 0.05) is 19.3 Å². The summed E-state index contributed by atoms with van der Waals surface area (Å²) in [5.41, 5.74) is 7.24. The topological polar surface area (TPSA) is 82.2 Å². The van der Waals surface area contributed by atoms with Gasteiger partial charge in [0.25, 0.3) is 5.91 Å². The monoisotopic (exact) mass is 260 g/mol. The molecule has 19 heavy (non-hydrogen) atoms. The summed E-state index contributed by atoms with van der Waals surface area (Å²) in [5, 5.41) is 6.68. The van der Waals surface area contributed by atoms with Crippen LogP contribution in [-0.2, 0) is 18.4 Å². The number of aryl methyl sites for hydroxylation is 1. The Hall–Kier alpha value is -2.34. The maximum atomic E-state index is 11.7. The lowest BCUT2D eigenvalue weighted by molar-refractivity contribution is -0.118. The van der Waals surface area contributed by atoms with Crippen LogP contribution in [0.25, 0.3) is 0 Å². The fraction of sp³-hybridized carbons (Fsp3) is 0.231. The Bertz CT molecular complexity index is 548. The van der Waals surface area contributed by atoms with E-state index in [0.717, 1.165) is 11.3 Å². The predicted molar refractivity (Wildman–Crippen MR) is 71.7 cm³/mol. The Balaban J connectivity index is 1.83. The van der Waals surface area contributed by atoms with E-state index in [1.54, 1.807) is 24.1 Å². The van der Waals surface area contributed by atoms with E-state index in [4.69, 9.17) is 10.5 Å². The fourth-order valence-electron chi connectivity index (χ4n) is 1.54. The van der Waals surface area contributed by atoms with Crippen LogP contribution in [0.4, 0.5) is 5.69 Å². The molecular weight excluding hydrogens is 244 g/mol. The number of nitrogens with zero attached hydrogens (tertiary/aromatic N) is 2. The molecule has 0 saturated heterocycles. The first-order chi connectivity index (χ1) is 9.17. The van der Waals surface area contributed by atoms with E-state index in [-0.39, 0.29) is 12.5 Å². The molecule has 3 N–H and O–H groups in total. The van der Waals surface area contributed by atoms with E-state index < -0.39 is 0 Å². The molecule has 0 aliphatic heterocycles. The number of nitrogens with one attached hydrogen (secondary N) is 1. The lowest BCUT2D eigenvalue weighted by Crippen LogP contribution is -2.20. The average Bonchev–Trinajstić information content (AvgIpc) is 2.83. The molecule has 0 fully saturated rings. The van der Waals surface area contributed by atoms with Crippen molar-refractivity contribution in [1.29, 1.82) is 0 Å². The van der Waals surface area contributed by atoms with Gasteiger partial charge in [-0.25, -0.2) is 0 Å². The molecule has 0 aliphatic carbocycles. The molecule has 0 atom stereocenters. The van der Waals surface area contributed by atoms with Crippen molar-refractivity contribution in [2.45, 2.75) is 6.54 Å². The molecule has 2 aromatic rings. The Labute approximate surface area is 111 Å². The van der Waals surface area contributed by atoms with Gasteiger partial charge in [0.15, 0.2) is 12.4 Å². The molecule has 0 bridgehead atoms. The van der Waals surface area contributed by atoms with Gasteiger partial charge in [-0.1, -0.05) is 12.1 Å². The van der Waals surface area contributed by atoms with Gasteiger partial charge in [-0.15, -0.1) is 0 Å². The van der Waals surface area contributed by atoms with Gasteiger partial charge in [0.05, 0.1) is 12.4 Å². The van der Waals surface area contributed by atoms with Gasteiger partial charge < -0.3 is 15.8 Å². The zero-order chi connectivity index (χ0) is 13.7. The van der Waals surface area contributed by atoms with Crippen molar-refractivity contribution in [2.24, 2.45) is 12.8 Å². The molecular formula is C13H16N4O2. The highest BCUT2D eigenvalue weighted by Gasteiger charge is 2.04. The predicted octanol–water partition coefficient (Wildman–Crippen LogP) is 0.896. The number of nitrogens with two attached hydrogens (primary N) is 1. The molecule has 1 aromatic heterocycles. The largest absolute Gasteiger partial charge is 0.480 e. The van der Waals surface area contributed by atoms with Crippen LogP contribution >= 0.6 is 0 Å². The quantitative estimate of drug-likeness (QED) is 0.836. The van der Waals surface area contributed by atoms with E-state index in [9.17, 15) is 4.79 Å². The number of ether oxygens (including phenoxy) is 1. The number of carbonyl (C=O) groups is 1. The molecule has 0 saturated carbocycles. The highest BCUT2D eigenvalue weighted by molar-refractivity contribution is 5.91. The van der Waals surface area contributed by atoms with Crippen molar-refractivity contribution in [3.05, 3.63) is 42.2 Å². The van der Waals surface area contributed by atoms with Gasteiger partial charge in [-0.05, 0) is 17.7 Å². The van der Waals surface area contributed by atoms with E-state index in [0.29, 0.717) is 12.3 Å². The SMILES string of the molecule is Cn1cc(OCC(=O)Nc2ccc(CN)cc2)cn1. The number of amides is 1. The van der Waals surface area contributed by atoms with Crippen LogP contribution in [-0.4, -0.2) is 22.3 Å². The summed E-state index contributed by atoms with van der Waals surface area (Å²) >= 11 is 0. The zero-order valence-corrected chi connectivity index (χ0v) is 10.7. The van der Waals surface area contributed by atoms with Crippen molar-refractivity contribution >= 4 is 11.6 Å². The highest BCUT2D eigenvalue weighted by atomic mass is 16.5. The van der Waals surface area contributed by atoms with Crippen LogP contribution in [0.5, 0.6) is 5.75 Å². The molecule has 0 aliphatic rings. The van der Waals surface area contributed by atoms with Gasteiger partial charge in [-0.3, -0.25) is 9.48 Å². The molecule has 1 aromatic carbocycles. The molecule has 100 valence electrons. The average molecular weight is 260 g/mol. The molecule has 6 nitrogen and oxygen atoms in total. The second kappa shape index (κ2) is 6.01. The van der Waals surface area contributed by atoms with Crippen molar-refractivity contribution in [1.82, 2.24) is 9.78 Å². The Kier molecular flexibility index (Phi) is 4.15. The van der Waals surface area contributed by atoms with Crippen LogP contribution in [0.1, 0.15) is 5.56 Å². The Morgan fingerprint density at radius 2 is 2.16 bits per heavy atom. The van der Waals surface area contributed by atoms with Gasteiger partial charge in [0.2, 0.25) is 0 Å². The van der Waals surface area contributed by atoms with Crippen molar-refractivity contribution in [3.63, 3.8) is 0 Å². The fourth-order valence-corrected chi connectivity index (χ4v) is 1.54. The van der Waals surface area contributed by atoms with Crippen molar-refractivity contribution in [2.75, 3.05) is 11.9 Å². The minimum atomic E-state index is -0.218. The minimum absolute atomic E-state index is 0.0513. The van der Waals surface area contributed by atoms with E-state index in [2.05, 4.69) is 10.4 Å². The summed E-state index contributed by atoms with van der Waals surface area (Å²) in [7, 11) is 1.78. The van der Waals surface area contributed by atoms with E-state index in [1.165, 1.54) is 0 Å². The van der Waals surface area contributed by atoms with Crippen LogP contribution in [0.15, 0.2) is 36.7 Å². The summed E-state index contributed by atoms with van der Waals surface area (Å²) < 4.78 is 6.90. The van der Waals surface area contributed by atoms with Crippen molar-refractivity contribution < 1.29 is 9.53 Å². The summed E-state index contributed by atoms with van der Waals surface area (Å²) in [5.74, 6) is 0.348. The third kappa shape index (κ3) is 3.82. The first-order valence-corrected chi connectivity index (χ1v) is 5.87. The molecule has 0 radical (unpaired) electrons. The smallest absolute Gasteiger partial charge is 0.262 e. The van der Waals surface area contributed by atoms with E-state index >= 15 is 0 Å². The number of benzene rings is 1. The first kappa shape index (κ1) is 13.1. The summed E-state index contributed by atoms with van der Waals surface area (Å²) in [6.07, 6.45) is 3.26. The molecule has 1 heterocycles. The molecule has 6 heteroatoms. The summed E-state index contributed by atoms with van der Waals surface area (Å²) in [4.78, 5) is 11.7. The molecule has 0 unspecified atom stereocenters. The van der Waals surface area contributed by atoms with Crippen LogP contribution in [0.2, 0.25) is 0 Å². The maximum Gasteiger partial charge on any atom is 0.262 e. The number of hydrogen-bond donors (Lipinski definition) is 2. The number of anilines is 1. The minimum Gasteiger partial charge on any atom is -0.480 e. The normalized spacial score (nSPS) is 10.2. The summed E-state index contributed by atoms with van der Waals surface area (Å²) in [6, 6.07) is 7.36. The van der Waals surface area contributed by atoms with Crippen LogP contribution in [0.3, 0.4) is 0 Å². The van der Waals surface area contributed by atoms with Gasteiger partial charge >= 0.3 is 0 Å². The number of rotatable bonds is 5. The Morgan fingerprint density at radius 1 is 1.42 bits per heavy atom. The van der Waals surface area contributed by atoms with Gasteiger partial charge in [0.1, 0.15) is 0 Å². The van der Waals surface area contributed by atoms with Crippen LogP contribution in [0, 0.1) is 0 Å². The number of aromatic nitrogens is 2. The number of carbonyl (C=O) groups excluding carboxylic acids is 1. The lowest BCUT2D eigenvalue weighted by Gasteiger charge is -2.06. The Morgan fingerprint density at radius 3 is 2.74 bits per heavy atom. The third-order valence-electron chi connectivity index (χ3n) is 2.52. The van der Waals surface area contributed by atoms with Crippen LogP contribution < -0.4 is 15.8 Å². The van der Waals surface area contributed by atoms with E-state index in [1.807, 2.05) is 24.3 Å². The standard InChI is InChI=1S/C13H16N4O2/c1-17-8-12(7-15-17)19-9-13(18)16-11-4-2-10(6-14)3-5-11/h2-5,7-8H,6,9,14H2,1H3,(H,16,18). The van der Waals surface area contributed by atoms with Gasteiger partial charge in [-0.2, -0.15) is 5.10 Å². The highest BCUT2D eigenvalue weighted by Crippen LogP contribution is 2.10.